The summed E-state index contributed by atoms with van der Waals surface area (Å²) in [5.41, 5.74) is 0. The van der Waals surface area contributed by atoms with Crippen LogP contribution in [0.2, 0.25) is 0 Å². The Labute approximate surface area is 676 Å². The molecule has 0 aliphatic heterocycles. The Bertz CT molecular complexity index is 3040. The molecule has 5 atom stereocenters. The van der Waals surface area contributed by atoms with Crippen molar-refractivity contribution in [2.45, 2.75) is 290 Å². The van der Waals surface area contributed by atoms with Crippen molar-refractivity contribution < 1.29 is 80.2 Å². The number of esters is 4. The zero-order chi connectivity index (χ0) is 81.7. The van der Waals surface area contributed by atoms with Gasteiger partial charge in [-0.1, -0.05) is 291 Å². The second-order valence-corrected chi connectivity index (χ2v) is 29.4. The second-order valence-electron chi connectivity index (χ2n) is 26.5. The first-order valence-corrected chi connectivity index (χ1v) is 44.6. The van der Waals surface area contributed by atoms with Gasteiger partial charge in [0, 0.05) is 25.7 Å². The maximum Gasteiger partial charge on any atom is 0.472 e. The zero-order valence-corrected chi connectivity index (χ0v) is 70.5. The van der Waals surface area contributed by atoms with Crippen LogP contribution in [0.25, 0.3) is 0 Å². The van der Waals surface area contributed by atoms with Gasteiger partial charge in [0.25, 0.3) is 0 Å². The molecule has 0 aliphatic rings. The number of unbranched alkanes of at least 4 members (excludes halogenated alkanes) is 11. The van der Waals surface area contributed by atoms with E-state index in [4.69, 9.17) is 37.0 Å². The maximum atomic E-state index is 13.1. The quantitative estimate of drug-likeness (QED) is 0.0169. The molecule has 0 aliphatic carbocycles. The van der Waals surface area contributed by atoms with Crippen LogP contribution >= 0.6 is 15.6 Å². The zero-order valence-electron chi connectivity index (χ0n) is 68.7. The molecule has 0 amide bonds. The maximum absolute atomic E-state index is 13.1. The Balaban J connectivity index is 5.57. The highest BCUT2D eigenvalue weighted by molar-refractivity contribution is 7.47. The summed E-state index contributed by atoms with van der Waals surface area (Å²) < 4.78 is 68.6. The van der Waals surface area contributed by atoms with Gasteiger partial charge in [0.15, 0.2) is 12.2 Å². The molecule has 5 unspecified atom stereocenters. The largest absolute Gasteiger partial charge is 0.472 e. The van der Waals surface area contributed by atoms with E-state index >= 15 is 0 Å². The Hall–Kier alpha value is -6.88. The van der Waals surface area contributed by atoms with E-state index in [2.05, 4.69) is 240 Å². The van der Waals surface area contributed by atoms with Gasteiger partial charge in [0.05, 0.1) is 26.4 Å². The molecular weight excluding hydrogens is 1450 g/mol. The Morgan fingerprint density at radius 1 is 0.250 bits per heavy atom. The van der Waals surface area contributed by atoms with Crippen LogP contribution in [0.5, 0.6) is 0 Å². The number of carbonyl (C=O) groups is 4. The van der Waals surface area contributed by atoms with Crippen molar-refractivity contribution in [3.63, 3.8) is 0 Å². The highest BCUT2D eigenvalue weighted by Gasteiger charge is 2.30. The summed E-state index contributed by atoms with van der Waals surface area (Å²) in [4.78, 5) is 73.2. The van der Waals surface area contributed by atoms with Gasteiger partial charge >= 0.3 is 39.5 Å². The predicted octanol–water partition coefficient (Wildman–Crippen LogP) is 25.0. The molecule has 628 valence electrons. The first kappa shape index (κ1) is 105. The lowest BCUT2D eigenvalue weighted by Crippen LogP contribution is -2.30. The van der Waals surface area contributed by atoms with Crippen molar-refractivity contribution in [1.82, 2.24) is 0 Å². The van der Waals surface area contributed by atoms with E-state index in [1.807, 2.05) is 18.2 Å². The molecule has 0 spiro atoms. The first-order valence-electron chi connectivity index (χ1n) is 41.6. The molecule has 0 aromatic heterocycles. The normalized spacial score (nSPS) is 15.0. The fourth-order valence-electron chi connectivity index (χ4n) is 9.96. The minimum atomic E-state index is -5.03. The van der Waals surface area contributed by atoms with Gasteiger partial charge in [-0.2, -0.15) is 0 Å². The summed E-state index contributed by atoms with van der Waals surface area (Å²) in [6.07, 6.45) is 106. The fraction of sp³-hybridized carbons (Fsp3) is 0.548. The van der Waals surface area contributed by atoms with Gasteiger partial charge in [-0.15, -0.1) is 0 Å². The molecule has 0 saturated heterocycles. The van der Waals surface area contributed by atoms with Gasteiger partial charge < -0.3 is 33.8 Å². The van der Waals surface area contributed by atoms with E-state index in [1.165, 1.54) is 0 Å². The SMILES string of the molecule is CC/C=C\C/C=C\C/C=C\C/C=C\C/C=C\C/C=C\CCC(=O)OCC(COP(=O)(O)OCC(O)COP(=O)(O)OCC(COC(=O)CCCCCC/C=C\C/C=C\C/C=C\C/C=C\CC)OC(=O)CCCCCC/C=C\C/C=C\C/C=C\C/C=C\CC)OC(=O)CCCCC/C=C\C/C=C\C/C=C\C/C=C\C/C=C\CC. The molecule has 17 nitrogen and oxygen atoms in total. The van der Waals surface area contributed by atoms with Crippen molar-refractivity contribution in [1.29, 1.82) is 0 Å². The summed E-state index contributed by atoms with van der Waals surface area (Å²) in [6, 6.07) is 0. The Morgan fingerprint density at radius 2 is 0.455 bits per heavy atom. The molecule has 0 bridgehead atoms. The standard InChI is InChI=1S/C93H144O17P2/c1-5-9-13-17-21-25-29-33-37-41-43-47-50-54-58-62-66-70-74-78-91(96)104-84-89(110-93(98)80-76-72-68-64-60-56-52-48-44-42-38-34-30-26-22-18-14-10-6-2)86-108-112(101,102)106-82-87(94)81-105-111(99,100)107-85-88(109-92(97)79-75-71-67-63-59-55-51-46-40-36-32-28-24-20-16-12-8-4)83-103-90(95)77-73-69-65-61-57-53-49-45-39-35-31-27-23-19-15-11-7-3/h9-16,21-28,33-40,43-44,47-49,51,53-56,58,60,66,70,87-89,94H,5-8,17-20,29-32,41-42,45-46,50,52,57,59,61-65,67-69,71-86H2,1-4H3,(H,99,100)(H,101,102)/b13-9-,14-10-,15-11-,16-12-,25-21-,26-22-,27-23-,28-24-,37-33-,38-34-,39-35-,40-36-,47-43-,48-44-,53-49-,55-51-,58-54-,60-56-,70-66-. The number of phosphoric acid groups is 2. The second kappa shape index (κ2) is 82.1. The van der Waals surface area contributed by atoms with Crippen molar-refractivity contribution in [2.75, 3.05) is 39.6 Å². The van der Waals surface area contributed by atoms with Crippen LogP contribution in [-0.4, -0.2) is 96.7 Å². The van der Waals surface area contributed by atoms with Crippen LogP contribution < -0.4 is 0 Å². The average molecular weight is 1600 g/mol. The number of hydrogen-bond donors (Lipinski definition) is 3. The summed E-state index contributed by atoms with van der Waals surface area (Å²) in [6.45, 7) is 4.21. The molecule has 0 aromatic carbocycles. The molecule has 0 radical (unpaired) electrons. The first-order chi connectivity index (χ1) is 54.7. The minimum Gasteiger partial charge on any atom is -0.462 e. The van der Waals surface area contributed by atoms with Crippen molar-refractivity contribution >= 4 is 39.5 Å². The van der Waals surface area contributed by atoms with E-state index < -0.39 is 97.5 Å². The van der Waals surface area contributed by atoms with Crippen LogP contribution in [-0.2, 0) is 65.4 Å². The van der Waals surface area contributed by atoms with Gasteiger partial charge in [-0.3, -0.25) is 37.3 Å². The third-order valence-electron chi connectivity index (χ3n) is 16.1. The summed E-state index contributed by atoms with van der Waals surface area (Å²) in [7, 11) is -10.0. The Kier molecular flexibility index (Phi) is 77.1. The number of allylic oxidation sites excluding steroid dienone is 38. The molecule has 0 aromatic rings. The number of rotatable bonds is 75. The molecule has 3 N–H and O–H groups in total. The summed E-state index contributed by atoms with van der Waals surface area (Å²) in [5, 5.41) is 10.7. The van der Waals surface area contributed by atoms with E-state index in [1.54, 1.807) is 0 Å². The molecule has 0 fully saturated rings. The van der Waals surface area contributed by atoms with E-state index in [-0.39, 0.29) is 25.7 Å². The van der Waals surface area contributed by atoms with Crippen LogP contribution in [0.4, 0.5) is 0 Å². The van der Waals surface area contributed by atoms with Crippen molar-refractivity contribution in [3.8, 4) is 0 Å². The highest BCUT2D eigenvalue weighted by Crippen LogP contribution is 2.45. The van der Waals surface area contributed by atoms with Gasteiger partial charge in [-0.25, -0.2) is 9.13 Å². The van der Waals surface area contributed by atoms with Crippen molar-refractivity contribution in [2.24, 2.45) is 0 Å². The highest BCUT2D eigenvalue weighted by atomic mass is 31.2. The Morgan fingerprint density at radius 3 is 0.723 bits per heavy atom. The van der Waals surface area contributed by atoms with Gasteiger partial charge in [0.1, 0.15) is 19.3 Å². The summed E-state index contributed by atoms with van der Waals surface area (Å²) in [5.74, 6) is -2.39. The number of hydrogen-bond acceptors (Lipinski definition) is 15. The molecule has 0 rings (SSSR count). The number of aliphatic hydroxyl groups excluding tert-OH is 1. The number of phosphoric ester groups is 2. The van der Waals surface area contributed by atoms with Crippen LogP contribution in [0.3, 0.4) is 0 Å². The molecule has 112 heavy (non-hydrogen) atoms. The third kappa shape index (κ3) is 81.1. The predicted molar refractivity (Wildman–Crippen MR) is 463 cm³/mol. The third-order valence-corrected chi connectivity index (χ3v) is 18.0. The van der Waals surface area contributed by atoms with Crippen LogP contribution in [0.1, 0.15) is 272 Å². The van der Waals surface area contributed by atoms with Gasteiger partial charge in [-0.05, 0) is 186 Å². The smallest absolute Gasteiger partial charge is 0.462 e. The van der Waals surface area contributed by atoms with Crippen molar-refractivity contribution in [3.05, 3.63) is 231 Å². The molecule has 0 heterocycles. The average Bonchev–Trinajstić information content (AvgIpc) is 0.898. The van der Waals surface area contributed by atoms with Crippen LogP contribution in [0, 0.1) is 0 Å². The lowest BCUT2D eigenvalue weighted by Gasteiger charge is -2.21. The van der Waals surface area contributed by atoms with E-state index in [9.17, 15) is 43.2 Å². The summed E-state index contributed by atoms with van der Waals surface area (Å²) >= 11 is 0. The number of carbonyl (C=O) groups excluding carboxylic acids is 4. The van der Waals surface area contributed by atoms with E-state index in [0.29, 0.717) is 32.1 Å². The number of aliphatic hydroxyl groups is 1. The molecule has 0 saturated carbocycles. The fourth-order valence-corrected chi connectivity index (χ4v) is 11.5. The lowest BCUT2D eigenvalue weighted by molar-refractivity contribution is -0.161. The topological polar surface area (TPSA) is 237 Å². The monoisotopic (exact) mass is 1590 g/mol. The van der Waals surface area contributed by atoms with E-state index in [0.717, 1.165) is 186 Å². The van der Waals surface area contributed by atoms with Crippen LogP contribution in [0.15, 0.2) is 231 Å². The molecular formula is C93H144O17P2. The van der Waals surface area contributed by atoms with Gasteiger partial charge in [0.2, 0.25) is 0 Å². The number of ether oxygens (including phenoxy) is 4. The lowest BCUT2D eigenvalue weighted by atomic mass is 10.1. The molecule has 19 heteroatoms. The minimum absolute atomic E-state index is 0.0172.